The number of aryl methyl sites for hydroxylation is 2. The summed E-state index contributed by atoms with van der Waals surface area (Å²) in [5.74, 6) is 2.09. The standard InChI is InChI=1S/C25H33N3O2/c1-18(2)25(29)26-15-14-24-27-21-11-5-6-12-22(21)28(24)16-7-8-17-30-23-13-9-10-19(3)20(23)4/h5-6,9-13,18H,7-8,14-17H2,1-4H3,(H,26,29). The van der Waals surface area contributed by atoms with Crippen molar-refractivity contribution in [1.29, 1.82) is 0 Å². The lowest BCUT2D eigenvalue weighted by Gasteiger charge is -2.12. The summed E-state index contributed by atoms with van der Waals surface area (Å²) in [5.41, 5.74) is 4.63. The first-order valence-electron chi connectivity index (χ1n) is 10.9. The summed E-state index contributed by atoms with van der Waals surface area (Å²) < 4.78 is 8.28. The molecular formula is C25H33N3O2. The number of hydrogen-bond donors (Lipinski definition) is 1. The minimum Gasteiger partial charge on any atom is -0.493 e. The topological polar surface area (TPSA) is 56.1 Å². The molecule has 5 heteroatoms. The van der Waals surface area contributed by atoms with Crippen LogP contribution in [0.2, 0.25) is 0 Å². The van der Waals surface area contributed by atoms with Crippen molar-refractivity contribution in [3.05, 3.63) is 59.4 Å². The molecule has 1 N–H and O–H groups in total. The summed E-state index contributed by atoms with van der Waals surface area (Å²) in [5, 5.41) is 2.99. The maximum absolute atomic E-state index is 11.8. The van der Waals surface area contributed by atoms with Crippen LogP contribution >= 0.6 is 0 Å². The monoisotopic (exact) mass is 407 g/mol. The molecule has 3 rings (SSSR count). The van der Waals surface area contributed by atoms with E-state index < -0.39 is 0 Å². The summed E-state index contributed by atoms with van der Waals surface area (Å²) in [6.07, 6.45) is 2.71. The molecule has 0 aliphatic rings. The molecule has 5 nitrogen and oxygen atoms in total. The molecule has 0 fully saturated rings. The highest BCUT2D eigenvalue weighted by Gasteiger charge is 2.12. The van der Waals surface area contributed by atoms with Gasteiger partial charge in [0, 0.05) is 25.4 Å². The van der Waals surface area contributed by atoms with Crippen LogP contribution in [0.5, 0.6) is 5.75 Å². The third kappa shape index (κ3) is 5.41. The second-order valence-electron chi connectivity index (χ2n) is 8.12. The van der Waals surface area contributed by atoms with Crippen molar-refractivity contribution in [2.75, 3.05) is 13.2 Å². The Bertz CT molecular complexity index is 991. The maximum Gasteiger partial charge on any atom is 0.222 e. The molecule has 0 unspecified atom stereocenters. The number of aromatic nitrogens is 2. The van der Waals surface area contributed by atoms with Gasteiger partial charge in [0.25, 0.3) is 0 Å². The van der Waals surface area contributed by atoms with Gasteiger partial charge in [-0.3, -0.25) is 4.79 Å². The van der Waals surface area contributed by atoms with Gasteiger partial charge >= 0.3 is 0 Å². The Morgan fingerprint density at radius 1 is 1.10 bits per heavy atom. The summed E-state index contributed by atoms with van der Waals surface area (Å²) in [4.78, 5) is 16.6. The van der Waals surface area contributed by atoms with Crippen molar-refractivity contribution in [2.45, 2.75) is 53.5 Å². The first-order valence-corrected chi connectivity index (χ1v) is 10.9. The van der Waals surface area contributed by atoms with Gasteiger partial charge in [-0.05, 0) is 56.0 Å². The predicted octanol–water partition coefficient (Wildman–Crippen LogP) is 4.83. The molecule has 160 valence electrons. The molecule has 0 saturated heterocycles. The molecule has 1 heterocycles. The van der Waals surface area contributed by atoms with E-state index in [-0.39, 0.29) is 11.8 Å². The van der Waals surface area contributed by atoms with Crippen molar-refractivity contribution in [1.82, 2.24) is 14.9 Å². The molecule has 0 aliphatic carbocycles. The highest BCUT2D eigenvalue weighted by atomic mass is 16.5. The number of hydrogen-bond acceptors (Lipinski definition) is 3. The molecule has 30 heavy (non-hydrogen) atoms. The maximum atomic E-state index is 11.8. The van der Waals surface area contributed by atoms with Crippen LogP contribution in [0.4, 0.5) is 0 Å². The Morgan fingerprint density at radius 2 is 1.90 bits per heavy atom. The number of imidazole rings is 1. The fraction of sp³-hybridized carbons (Fsp3) is 0.440. The van der Waals surface area contributed by atoms with Crippen LogP contribution in [0.1, 0.15) is 43.6 Å². The Morgan fingerprint density at radius 3 is 2.70 bits per heavy atom. The van der Waals surface area contributed by atoms with Gasteiger partial charge in [0.15, 0.2) is 0 Å². The Labute approximate surface area is 179 Å². The molecule has 1 amide bonds. The minimum atomic E-state index is 0.000793. The third-order valence-corrected chi connectivity index (χ3v) is 5.49. The number of nitrogens with one attached hydrogen (secondary N) is 1. The van der Waals surface area contributed by atoms with E-state index in [9.17, 15) is 4.79 Å². The molecule has 0 aliphatic heterocycles. The predicted molar refractivity (Wildman–Crippen MR) is 122 cm³/mol. The molecule has 3 aromatic rings. The van der Waals surface area contributed by atoms with Crippen LogP contribution in [0.15, 0.2) is 42.5 Å². The number of fused-ring (bicyclic) bond motifs is 1. The first kappa shape index (κ1) is 21.9. The average molecular weight is 408 g/mol. The zero-order valence-corrected chi connectivity index (χ0v) is 18.6. The second-order valence-corrected chi connectivity index (χ2v) is 8.12. The van der Waals surface area contributed by atoms with E-state index in [0.29, 0.717) is 13.2 Å². The van der Waals surface area contributed by atoms with Gasteiger partial charge in [0.1, 0.15) is 11.6 Å². The van der Waals surface area contributed by atoms with Crippen LogP contribution in [0.3, 0.4) is 0 Å². The largest absolute Gasteiger partial charge is 0.493 e. The number of nitrogens with zero attached hydrogens (tertiary/aromatic N) is 2. The average Bonchev–Trinajstić information content (AvgIpc) is 3.08. The van der Waals surface area contributed by atoms with Crippen LogP contribution in [-0.2, 0) is 17.8 Å². The number of rotatable bonds is 10. The van der Waals surface area contributed by atoms with Crippen molar-refractivity contribution in [2.24, 2.45) is 5.92 Å². The number of para-hydroxylation sites is 2. The zero-order valence-electron chi connectivity index (χ0n) is 18.6. The Hall–Kier alpha value is -2.82. The van der Waals surface area contributed by atoms with E-state index in [0.717, 1.165) is 48.4 Å². The number of unbranched alkanes of at least 4 members (excludes halogenated alkanes) is 1. The molecule has 0 spiro atoms. The van der Waals surface area contributed by atoms with Gasteiger partial charge in [0.2, 0.25) is 5.91 Å². The molecule has 0 bridgehead atoms. The Balaban J connectivity index is 1.57. The Kier molecular flexibility index (Phi) is 7.50. The van der Waals surface area contributed by atoms with E-state index in [1.165, 1.54) is 11.1 Å². The van der Waals surface area contributed by atoms with Crippen LogP contribution < -0.4 is 10.1 Å². The number of carbonyl (C=O) groups excluding carboxylic acids is 1. The lowest BCUT2D eigenvalue weighted by Crippen LogP contribution is -2.30. The van der Waals surface area contributed by atoms with E-state index in [1.54, 1.807) is 0 Å². The van der Waals surface area contributed by atoms with Gasteiger partial charge in [-0.1, -0.05) is 38.1 Å². The smallest absolute Gasteiger partial charge is 0.222 e. The highest BCUT2D eigenvalue weighted by Crippen LogP contribution is 2.21. The normalized spacial score (nSPS) is 11.2. The van der Waals surface area contributed by atoms with Gasteiger partial charge in [-0.15, -0.1) is 0 Å². The fourth-order valence-corrected chi connectivity index (χ4v) is 3.50. The van der Waals surface area contributed by atoms with E-state index in [1.807, 2.05) is 38.1 Å². The SMILES string of the molecule is Cc1cccc(OCCCCn2c(CCNC(=O)C(C)C)nc3ccccc32)c1C. The summed E-state index contributed by atoms with van der Waals surface area (Å²) in [6, 6.07) is 14.4. The second kappa shape index (κ2) is 10.3. The van der Waals surface area contributed by atoms with Crippen LogP contribution in [0.25, 0.3) is 11.0 Å². The van der Waals surface area contributed by atoms with Gasteiger partial charge in [-0.2, -0.15) is 0 Å². The quantitative estimate of drug-likeness (QED) is 0.490. The van der Waals surface area contributed by atoms with Crippen molar-refractivity contribution in [3.63, 3.8) is 0 Å². The molecule has 0 saturated carbocycles. The summed E-state index contributed by atoms with van der Waals surface area (Å²) in [6.45, 7) is 10.2. The van der Waals surface area contributed by atoms with Crippen LogP contribution in [0, 0.1) is 19.8 Å². The van der Waals surface area contributed by atoms with E-state index in [4.69, 9.17) is 9.72 Å². The van der Waals surface area contributed by atoms with Crippen LogP contribution in [-0.4, -0.2) is 28.6 Å². The molecular weight excluding hydrogens is 374 g/mol. The van der Waals surface area contributed by atoms with Gasteiger partial charge in [0.05, 0.1) is 17.6 Å². The lowest BCUT2D eigenvalue weighted by atomic mass is 10.1. The van der Waals surface area contributed by atoms with Crippen molar-refractivity contribution < 1.29 is 9.53 Å². The van der Waals surface area contributed by atoms with E-state index >= 15 is 0 Å². The molecule has 1 aromatic heterocycles. The number of amides is 1. The third-order valence-electron chi connectivity index (χ3n) is 5.49. The van der Waals surface area contributed by atoms with E-state index in [2.05, 4.69) is 41.9 Å². The number of benzene rings is 2. The molecule has 0 atom stereocenters. The van der Waals surface area contributed by atoms with Gasteiger partial charge in [-0.25, -0.2) is 4.98 Å². The van der Waals surface area contributed by atoms with Crippen molar-refractivity contribution in [3.8, 4) is 5.75 Å². The summed E-state index contributed by atoms with van der Waals surface area (Å²) >= 11 is 0. The fourth-order valence-electron chi connectivity index (χ4n) is 3.50. The molecule has 2 aromatic carbocycles. The first-order chi connectivity index (χ1) is 14.5. The lowest BCUT2D eigenvalue weighted by molar-refractivity contribution is -0.123. The molecule has 0 radical (unpaired) electrons. The minimum absolute atomic E-state index is 0.000793. The zero-order chi connectivity index (χ0) is 21.5. The highest BCUT2D eigenvalue weighted by molar-refractivity contribution is 5.78. The van der Waals surface area contributed by atoms with Crippen molar-refractivity contribution >= 4 is 16.9 Å². The van der Waals surface area contributed by atoms with Gasteiger partial charge < -0.3 is 14.6 Å². The number of ether oxygens (including phenoxy) is 1. The summed E-state index contributed by atoms with van der Waals surface area (Å²) in [7, 11) is 0. The number of carbonyl (C=O) groups is 1.